The van der Waals surface area contributed by atoms with Gasteiger partial charge in [-0.25, -0.2) is 0 Å². The highest BCUT2D eigenvalue weighted by Crippen LogP contribution is 2.48. The van der Waals surface area contributed by atoms with Crippen LogP contribution in [-0.2, 0) is 63.3 Å². The van der Waals surface area contributed by atoms with E-state index in [-0.39, 0.29) is 37.7 Å². The first-order valence-electron chi connectivity index (χ1n) is 55.1. The Labute approximate surface area is 860 Å². The molecular weight excluding hydrogens is 1770 g/mol. The van der Waals surface area contributed by atoms with Crippen LogP contribution in [0.3, 0.4) is 0 Å². The topological polar surface area (TPSA) is 131 Å². The highest BCUT2D eigenvalue weighted by molar-refractivity contribution is 7.00. The monoisotopic (exact) mass is 1990 g/mol. The summed E-state index contributed by atoms with van der Waals surface area (Å²) in [5.74, 6) is 4.98. The van der Waals surface area contributed by atoms with Crippen molar-refractivity contribution in [2.75, 3.05) is 79.3 Å². The van der Waals surface area contributed by atoms with E-state index < -0.39 is 32.3 Å². The lowest BCUT2D eigenvalue weighted by molar-refractivity contribution is 0.0505. The van der Waals surface area contributed by atoms with Crippen molar-refractivity contribution in [3.63, 3.8) is 0 Å². The van der Waals surface area contributed by atoms with Crippen LogP contribution < -0.4 is 15.6 Å². The molecule has 16 heteroatoms. The average molecular weight is 2000 g/mol. The zero-order valence-corrected chi connectivity index (χ0v) is 99.7. The number of rotatable bonds is 32. The lowest BCUT2D eigenvalue weighted by atomic mass is 9.88. The lowest BCUT2D eigenvalue weighted by Gasteiger charge is -2.43. The van der Waals surface area contributed by atoms with E-state index in [1.54, 1.807) is 25.7 Å². The second kappa shape index (κ2) is 92.6. The molecule has 4 saturated carbocycles. The number of allylic oxidation sites excluding steroid dienone is 6. The summed E-state index contributed by atoms with van der Waals surface area (Å²) in [6.45, 7) is 98.3. The fraction of sp³-hybridized carbons (Fsp3) is 0.705. The molecule has 0 amide bonds. The molecule has 6 saturated heterocycles. The van der Waals surface area contributed by atoms with E-state index in [0.29, 0.717) is 35.5 Å². The third kappa shape index (κ3) is 95.2. The van der Waals surface area contributed by atoms with E-state index in [1.807, 2.05) is 42.5 Å². The largest absolute Gasteiger partial charge is 0.350 e. The number of ether oxygens (including phenoxy) is 12. The molecule has 4 aromatic rings. The third-order valence-corrected chi connectivity index (χ3v) is 38.0. The zero-order valence-electron chi connectivity index (χ0n) is 95.7. The standard InChI is InChI=1S/C14H28Si.C14H16Si.C9H20Si.C9H14Si.C8H16.C8H10.6C5H10O2.6C5H10/c2*1-15(2,13-9-5-3-6-10-13)14-11-7-4-8-12-14;2*1-10(2,3)9-7-5-4-6-8-9;2*1-2-8-6-4-3-5-7-8;6*1-2-3-6-5-4-7-5;6*1-4-5(2)3/h13-14H,3-12H2,1-2H3;3-12H,1-2H3;9H,4-8H2,1-3H3;4-8H,1-3H3;8H,2-7H2,1H3;3-7H,2H2,1H3;6*5H,2-4H2,1H3;6*4-5H,1H2,2-3H3/t;;;;;;2*5-;;;;;;;;;;/m......10........../s1. The van der Waals surface area contributed by atoms with Crippen molar-refractivity contribution in [2.24, 2.45) is 41.4 Å². The van der Waals surface area contributed by atoms with Gasteiger partial charge in [0.25, 0.3) is 0 Å². The van der Waals surface area contributed by atoms with Crippen molar-refractivity contribution < 1.29 is 56.8 Å². The highest BCUT2D eigenvalue weighted by Gasteiger charge is 2.40. The molecule has 12 nitrogen and oxygen atoms in total. The van der Waals surface area contributed by atoms with Gasteiger partial charge >= 0.3 is 0 Å². The first kappa shape index (κ1) is 140. The van der Waals surface area contributed by atoms with Gasteiger partial charge in [0, 0.05) is 47.7 Å². The van der Waals surface area contributed by atoms with Crippen molar-refractivity contribution >= 4 is 47.9 Å². The summed E-state index contributed by atoms with van der Waals surface area (Å²) in [7, 11) is -4.15. The Morgan fingerprint density at radius 2 is 0.464 bits per heavy atom. The molecule has 0 N–H and O–H groups in total. The van der Waals surface area contributed by atoms with Crippen molar-refractivity contribution in [1.82, 2.24) is 0 Å². The Hall–Kier alpha value is -4.29. The number of benzene rings is 4. The molecular formula is C122H224O12Si4. The molecule has 6 aliphatic heterocycles. The minimum Gasteiger partial charge on any atom is -0.350 e. The maximum absolute atomic E-state index is 5.08. The first-order valence-corrected chi connectivity index (χ1v) is 68.3. The maximum Gasteiger partial charge on any atom is 0.181 e. The first-order chi connectivity index (χ1) is 65.7. The van der Waals surface area contributed by atoms with Crippen LogP contribution in [-0.4, -0.2) is 149 Å². The van der Waals surface area contributed by atoms with Gasteiger partial charge in [0.2, 0.25) is 0 Å². The second-order valence-corrected chi connectivity index (χ2v) is 62.9. The van der Waals surface area contributed by atoms with Gasteiger partial charge in [0.15, 0.2) is 37.7 Å². The van der Waals surface area contributed by atoms with Crippen LogP contribution in [0.4, 0.5) is 0 Å². The predicted octanol–water partition coefficient (Wildman–Crippen LogP) is 34.6. The van der Waals surface area contributed by atoms with E-state index in [1.165, 1.54) is 141 Å². The third-order valence-electron chi connectivity index (χ3n) is 24.0. The van der Waals surface area contributed by atoms with Gasteiger partial charge in [-0.1, -0.05) is 512 Å². The number of hydrogen-bond acceptors (Lipinski definition) is 12. The van der Waals surface area contributed by atoms with Gasteiger partial charge in [0.05, 0.1) is 16.1 Å². The fourth-order valence-corrected chi connectivity index (χ4v) is 23.6. The number of epoxide rings is 6. The van der Waals surface area contributed by atoms with Crippen LogP contribution in [0.15, 0.2) is 197 Å². The Morgan fingerprint density at radius 3 is 0.601 bits per heavy atom. The molecule has 6 heterocycles. The molecule has 0 radical (unpaired) electrons. The van der Waals surface area contributed by atoms with Crippen molar-refractivity contribution in [1.29, 1.82) is 0 Å². The smallest absolute Gasteiger partial charge is 0.181 e. The highest BCUT2D eigenvalue weighted by atomic mass is 28.3. The summed E-state index contributed by atoms with van der Waals surface area (Å²) in [6.07, 6.45) is 52.1. The molecule has 14 rings (SSSR count). The van der Waals surface area contributed by atoms with Crippen LogP contribution in [0.2, 0.25) is 82.1 Å². The number of aryl methyl sites for hydroxylation is 1. The zero-order chi connectivity index (χ0) is 105. The van der Waals surface area contributed by atoms with E-state index in [2.05, 4.69) is 359 Å². The molecule has 0 aromatic heterocycles. The minimum absolute atomic E-state index is 0.153. The lowest BCUT2D eigenvalue weighted by Crippen LogP contribution is -2.52. The summed E-state index contributed by atoms with van der Waals surface area (Å²) in [6, 6.07) is 42.9. The van der Waals surface area contributed by atoms with Gasteiger partial charge in [-0.15, -0.1) is 39.5 Å². The van der Waals surface area contributed by atoms with Crippen LogP contribution in [0.25, 0.3) is 0 Å². The van der Waals surface area contributed by atoms with Gasteiger partial charge in [-0.05, 0) is 109 Å². The number of hydrogen-bond donors (Lipinski definition) is 0. The summed E-state index contributed by atoms with van der Waals surface area (Å²) in [5.41, 5.74) is 4.90. The van der Waals surface area contributed by atoms with Gasteiger partial charge in [-0.3, -0.25) is 0 Å². The van der Waals surface area contributed by atoms with Crippen molar-refractivity contribution in [3.8, 4) is 0 Å². The Bertz CT molecular complexity index is 2960. The molecule has 0 spiro atoms. The van der Waals surface area contributed by atoms with Gasteiger partial charge in [-0.2, -0.15) is 0 Å². The van der Waals surface area contributed by atoms with Crippen molar-refractivity contribution in [2.45, 2.75) is 438 Å². The maximum atomic E-state index is 5.08. The van der Waals surface area contributed by atoms with E-state index in [9.17, 15) is 0 Å². The second-order valence-electron chi connectivity index (χ2n) is 42.6. The van der Waals surface area contributed by atoms with Gasteiger partial charge in [0.1, 0.15) is 47.7 Å². The van der Waals surface area contributed by atoms with Gasteiger partial charge < -0.3 is 56.8 Å². The Morgan fingerprint density at radius 1 is 0.275 bits per heavy atom. The molecule has 0 bridgehead atoms. The van der Waals surface area contributed by atoms with E-state index in [0.717, 1.165) is 136 Å². The molecule has 10 aliphatic rings. The van der Waals surface area contributed by atoms with Crippen LogP contribution >= 0.6 is 0 Å². The molecule has 800 valence electrons. The molecule has 4 aromatic carbocycles. The normalized spacial score (nSPS) is 18.9. The summed E-state index contributed by atoms with van der Waals surface area (Å²) in [4.78, 5) is 0. The molecule has 4 unspecified atom stereocenters. The molecule has 6 atom stereocenters. The van der Waals surface area contributed by atoms with E-state index >= 15 is 0 Å². The Balaban J connectivity index is -0.000000697. The summed E-state index contributed by atoms with van der Waals surface area (Å²) in [5, 5.41) is 4.53. The quantitative estimate of drug-likeness (QED) is 0.0262. The molecule has 4 aliphatic carbocycles. The van der Waals surface area contributed by atoms with Crippen molar-refractivity contribution in [3.05, 3.63) is 203 Å². The molecule has 138 heavy (non-hydrogen) atoms. The van der Waals surface area contributed by atoms with E-state index in [4.69, 9.17) is 56.8 Å². The average Bonchev–Trinajstić information content (AvgIpc) is 1.06. The molecule has 10 fully saturated rings. The summed E-state index contributed by atoms with van der Waals surface area (Å²) < 4.78 is 59.2. The fourth-order valence-electron chi connectivity index (χ4n) is 13.4. The predicted molar refractivity (Wildman–Crippen MR) is 619 cm³/mol. The van der Waals surface area contributed by atoms with Crippen LogP contribution in [0, 0.1) is 41.4 Å². The van der Waals surface area contributed by atoms with Crippen LogP contribution in [0.1, 0.15) is 317 Å². The summed E-state index contributed by atoms with van der Waals surface area (Å²) >= 11 is 0. The minimum atomic E-state index is -1.46. The Kier molecular flexibility index (Phi) is 93.9. The van der Waals surface area contributed by atoms with Crippen LogP contribution in [0.5, 0.6) is 0 Å². The SMILES string of the molecule is C=CC(C)C.C=CC(C)C.C=CC(C)C.C=CC(C)C.C=CC(C)C.C=CC(C)C.CCC1CCCCC1.CCCOC1CO1.CCCOC1CO1.CCCOC1CO1.CCCOC1CO1.CCCO[C@@H]1CO1.CCCO[C@H]1CO1.CCc1ccccc1.C[Si](C)(C)C1CCCCC1.C[Si](C)(C)c1ccccc1.C[Si](C)(C1CCCCC1)C1CCCCC1.C[Si](C)(c1ccccc1)c1ccccc1.